The van der Waals surface area contributed by atoms with Crippen molar-refractivity contribution in [1.29, 1.82) is 0 Å². The molecule has 0 radical (unpaired) electrons. The molecule has 0 spiro atoms. The molecule has 3 N–H and O–H groups in total. The molecule has 28 heavy (non-hydrogen) atoms. The molecule has 0 bridgehead atoms. The number of carboxylic acid groups (broad SMARTS) is 1. The molecule has 2 aromatic carbocycles. The first-order chi connectivity index (χ1) is 13.3. The Morgan fingerprint density at radius 3 is 2.39 bits per heavy atom. The summed E-state index contributed by atoms with van der Waals surface area (Å²) in [6.45, 7) is -0.437. The van der Waals surface area contributed by atoms with Crippen LogP contribution in [0.3, 0.4) is 0 Å². The van der Waals surface area contributed by atoms with Crippen LogP contribution in [0.1, 0.15) is 23.5 Å². The highest BCUT2D eigenvalue weighted by molar-refractivity contribution is 5.95. The van der Waals surface area contributed by atoms with Gasteiger partial charge in [-0.1, -0.05) is 18.2 Å². The summed E-state index contributed by atoms with van der Waals surface area (Å²) in [5, 5.41) is 13.6. The molecule has 0 aromatic heterocycles. The standard InChI is InChI=1S/C20H18F2N2O4/c21-16-6-3-12(8-17(16)22)14-9-15(14)20(28)24-13-4-1-11(2-5-13)7-18(25)23-10-19(26)27/h1-6,8,14-15H,7,9-10H2,(H,23,25)(H,24,28)(H,26,27). The molecule has 8 heteroatoms. The molecule has 6 nitrogen and oxygen atoms in total. The smallest absolute Gasteiger partial charge is 0.322 e. The van der Waals surface area contributed by atoms with Crippen LogP contribution in [0.15, 0.2) is 42.5 Å². The minimum Gasteiger partial charge on any atom is -0.480 e. The van der Waals surface area contributed by atoms with Crippen LogP contribution in [0, 0.1) is 17.6 Å². The number of nitrogens with one attached hydrogen (secondary N) is 2. The van der Waals surface area contributed by atoms with Crippen molar-refractivity contribution in [3.63, 3.8) is 0 Å². The number of carbonyl (C=O) groups is 3. The zero-order valence-electron chi connectivity index (χ0n) is 14.7. The summed E-state index contributed by atoms with van der Waals surface area (Å²) in [6.07, 6.45) is 0.598. The molecule has 2 aromatic rings. The molecule has 1 aliphatic carbocycles. The number of hydrogen-bond acceptors (Lipinski definition) is 3. The van der Waals surface area contributed by atoms with E-state index in [-0.39, 0.29) is 24.2 Å². The van der Waals surface area contributed by atoms with E-state index in [0.717, 1.165) is 12.1 Å². The predicted molar refractivity (Wildman–Crippen MR) is 96.6 cm³/mol. The fourth-order valence-corrected chi connectivity index (χ4v) is 2.96. The fourth-order valence-electron chi connectivity index (χ4n) is 2.96. The second kappa shape index (κ2) is 8.16. The number of benzene rings is 2. The average Bonchev–Trinajstić information content (AvgIpc) is 3.45. The zero-order valence-corrected chi connectivity index (χ0v) is 14.7. The third kappa shape index (κ3) is 4.91. The van der Waals surface area contributed by atoms with E-state index in [2.05, 4.69) is 10.6 Å². The van der Waals surface area contributed by atoms with Crippen molar-refractivity contribution in [3.05, 3.63) is 65.2 Å². The van der Waals surface area contributed by atoms with Crippen molar-refractivity contribution in [3.8, 4) is 0 Å². The van der Waals surface area contributed by atoms with Crippen LogP contribution in [-0.4, -0.2) is 29.4 Å². The van der Waals surface area contributed by atoms with Gasteiger partial charge in [0.2, 0.25) is 11.8 Å². The van der Waals surface area contributed by atoms with E-state index in [1.807, 2.05) is 0 Å². The van der Waals surface area contributed by atoms with Gasteiger partial charge in [0, 0.05) is 11.6 Å². The van der Waals surface area contributed by atoms with Crippen LogP contribution >= 0.6 is 0 Å². The summed E-state index contributed by atoms with van der Waals surface area (Å²) < 4.78 is 26.3. The first-order valence-corrected chi connectivity index (χ1v) is 8.66. The lowest BCUT2D eigenvalue weighted by atomic mass is 10.1. The second-order valence-electron chi connectivity index (χ2n) is 6.66. The van der Waals surface area contributed by atoms with Gasteiger partial charge in [0.15, 0.2) is 11.6 Å². The number of aliphatic carboxylic acids is 1. The van der Waals surface area contributed by atoms with Gasteiger partial charge in [-0.05, 0) is 47.7 Å². The van der Waals surface area contributed by atoms with Crippen molar-refractivity contribution in [2.24, 2.45) is 5.92 Å². The monoisotopic (exact) mass is 388 g/mol. The van der Waals surface area contributed by atoms with E-state index in [1.165, 1.54) is 6.07 Å². The Morgan fingerprint density at radius 1 is 1.04 bits per heavy atom. The molecule has 3 rings (SSSR count). The molecule has 1 saturated carbocycles. The van der Waals surface area contributed by atoms with Crippen LogP contribution in [0.2, 0.25) is 0 Å². The molecular formula is C20H18F2N2O4. The van der Waals surface area contributed by atoms with Crippen molar-refractivity contribution in [2.75, 3.05) is 11.9 Å². The Kier molecular flexibility index (Phi) is 5.67. The SMILES string of the molecule is O=C(O)CNC(=O)Cc1ccc(NC(=O)C2CC2c2ccc(F)c(F)c2)cc1. The maximum absolute atomic E-state index is 13.3. The molecule has 1 fully saturated rings. The third-order valence-electron chi connectivity index (χ3n) is 4.52. The van der Waals surface area contributed by atoms with Crippen molar-refractivity contribution < 1.29 is 28.3 Å². The van der Waals surface area contributed by atoms with Crippen LogP contribution in [0.4, 0.5) is 14.5 Å². The van der Waals surface area contributed by atoms with E-state index >= 15 is 0 Å². The van der Waals surface area contributed by atoms with E-state index in [9.17, 15) is 23.2 Å². The predicted octanol–water partition coefficient (Wildman–Crippen LogP) is 2.45. The largest absolute Gasteiger partial charge is 0.480 e. The molecule has 0 aliphatic heterocycles. The molecule has 2 amide bonds. The van der Waals surface area contributed by atoms with Crippen molar-refractivity contribution in [1.82, 2.24) is 5.32 Å². The van der Waals surface area contributed by atoms with Crippen LogP contribution in [0.5, 0.6) is 0 Å². The van der Waals surface area contributed by atoms with Gasteiger partial charge in [-0.25, -0.2) is 8.78 Å². The topological polar surface area (TPSA) is 95.5 Å². The Hall–Kier alpha value is -3.29. The van der Waals surface area contributed by atoms with E-state index in [1.54, 1.807) is 24.3 Å². The molecular weight excluding hydrogens is 370 g/mol. The van der Waals surface area contributed by atoms with Crippen molar-refractivity contribution >= 4 is 23.5 Å². The molecule has 2 unspecified atom stereocenters. The lowest BCUT2D eigenvalue weighted by molar-refractivity contribution is -0.137. The fraction of sp³-hybridized carbons (Fsp3) is 0.250. The second-order valence-corrected chi connectivity index (χ2v) is 6.66. The Morgan fingerprint density at radius 2 is 1.75 bits per heavy atom. The van der Waals surface area contributed by atoms with Gasteiger partial charge in [0.05, 0.1) is 6.42 Å². The highest BCUT2D eigenvalue weighted by Gasteiger charge is 2.44. The van der Waals surface area contributed by atoms with E-state index < -0.39 is 30.1 Å². The highest BCUT2D eigenvalue weighted by Crippen LogP contribution is 2.48. The Bertz CT molecular complexity index is 915. The van der Waals surface area contributed by atoms with Gasteiger partial charge in [0.25, 0.3) is 0 Å². The summed E-state index contributed by atoms with van der Waals surface area (Å²) in [5.74, 6) is -4.01. The Labute approximate surface area is 159 Å². The quantitative estimate of drug-likeness (QED) is 0.679. The van der Waals surface area contributed by atoms with Crippen molar-refractivity contribution in [2.45, 2.75) is 18.8 Å². The van der Waals surface area contributed by atoms with Gasteiger partial charge in [-0.15, -0.1) is 0 Å². The zero-order chi connectivity index (χ0) is 20.3. The van der Waals surface area contributed by atoms with E-state index in [0.29, 0.717) is 23.2 Å². The Balaban J connectivity index is 1.51. The summed E-state index contributed by atoms with van der Waals surface area (Å²) in [4.78, 5) is 34.3. The number of carboxylic acids is 1. The summed E-state index contributed by atoms with van der Waals surface area (Å²) in [5.41, 5.74) is 1.82. The maximum Gasteiger partial charge on any atom is 0.322 e. The number of amides is 2. The summed E-state index contributed by atoms with van der Waals surface area (Å²) >= 11 is 0. The van der Waals surface area contributed by atoms with Gasteiger partial charge in [-0.2, -0.15) is 0 Å². The number of halogens is 2. The number of carbonyl (C=O) groups excluding carboxylic acids is 2. The highest BCUT2D eigenvalue weighted by atomic mass is 19.2. The minimum absolute atomic E-state index is 0.0301. The van der Waals surface area contributed by atoms with Crippen LogP contribution < -0.4 is 10.6 Å². The molecule has 1 aliphatic rings. The number of hydrogen-bond donors (Lipinski definition) is 3. The van der Waals surface area contributed by atoms with Gasteiger partial charge in [-0.3, -0.25) is 14.4 Å². The van der Waals surface area contributed by atoms with Crippen LogP contribution in [-0.2, 0) is 20.8 Å². The third-order valence-corrected chi connectivity index (χ3v) is 4.52. The first kappa shape index (κ1) is 19.5. The lowest BCUT2D eigenvalue weighted by Crippen LogP contribution is -2.30. The van der Waals surface area contributed by atoms with Gasteiger partial charge >= 0.3 is 5.97 Å². The van der Waals surface area contributed by atoms with Gasteiger partial charge in [0.1, 0.15) is 6.54 Å². The average molecular weight is 388 g/mol. The number of anilines is 1. The van der Waals surface area contributed by atoms with Crippen LogP contribution in [0.25, 0.3) is 0 Å². The first-order valence-electron chi connectivity index (χ1n) is 8.66. The molecule has 0 heterocycles. The van der Waals surface area contributed by atoms with E-state index in [4.69, 9.17) is 5.11 Å². The maximum atomic E-state index is 13.3. The van der Waals surface area contributed by atoms with Gasteiger partial charge < -0.3 is 15.7 Å². The summed E-state index contributed by atoms with van der Waals surface area (Å²) in [7, 11) is 0. The summed E-state index contributed by atoms with van der Waals surface area (Å²) in [6, 6.07) is 10.3. The molecule has 2 atom stereocenters. The number of rotatable bonds is 7. The lowest BCUT2D eigenvalue weighted by Gasteiger charge is -2.07. The normalized spacial score (nSPS) is 17.6. The molecule has 146 valence electrons. The molecule has 0 saturated heterocycles. The minimum atomic E-state index is -1.12.